The van der Waals surface area contributed by atoms with Gasteiger partial charge in [0.15, 0.2) is 0 Å². The minimum atomic E-state index is 0.292. The maximum Gasteiger partial charge on any atom is 0.0362 e. The van der Waals surface area contributed by atoms with Crippen LogP contribution in [0.3, 0.4) is 0 Å². The summed E-state index contributed by atoms with van der Waals surface area (Å²) in [6.45, 7) is 11.0. The van der Waals surface area contributed by atoms with Crippen LogP contribution in [0, 0.1) is 26.7 Å². The molecule has 1 heteroatoms. The van der Waals surface area contributed by atoms with E-state index in [4.69, 9.17) is 11.6 Å². The van der Waals surface area contributed by atoms with E-state index in [-0.39, 0.29) is 0 Å². The molecular formula is C15H23Cl. The Hall–Kier alpha value is -0.490. The van der Waals surface area contributed by atoms with Crippen molar-refractivity contribution in [2.75, 3.05) is 0 Å². The van der Waals surface area contributed by atoms with Crippen LogP contribution in [0.4, 0.5) is 0 Å². The number of halogens is 1. The first-order chi connectivity index (χ1) is 7.45. The predicted octanol–water partition coefficient (Wildman–Crippen LogP) is 4.81. The Bertz CT molecular complexity index is 331. The van der Waals surface area contributed by atoms with Crippen molar-refractivity contribution in [2.45, 2.75) is 52.8 Å². The highest BCUT2D eigenvalue weighted by Crippen LogP contribution is 2.24. The van der Waals surface area contributed by atoms with Gasteiger partial charge in [0.2, 0.25) is 0 Å². The Balaban J connectivity index is 2.89. The summed E-state index contributed by atoms with van der Waals surface area (Å²) in [6, 6.07) is 4.54. The highest BCUT2D eigenvalue weighted by molar-refractivity contribution is 6.20. The Labute approximate surface area is 105 Å². The third-order valence-electron chi connectivity index (χ3n) is 3.37. The molecule has 0 fully saturated rings. The van der Waals surface area contributed by atoms with Crippen molar-refractivity contribution in [2.24, 2.45) is 5.92 Å². The Morgan fingerprint density at radius 2 is 1.62 bits per heavy atom. The Morgan fingerprint density at radius 3 is 2.06 bits per heavy atom. The van der Waals surface area contributed by atoms with Crippen molar-refractivity contribution in [1.29, 1.82) is 0 Å². The fraction of sp³-hybridized carbons (Fsp3) is 0.600. The minimum Gasteiger partial charge on any atom is -0.123 e. The molecule has 0 aliphatic carbocycles. The molecule has 0 aromatic heterocycles. The van der Waals surface area contributed by atoms with Crippen LogP contribution >= 0.6 is 11.6 Å². The molecule has 0 nitrogen and oxygen atoms in total. The molecule has 90 valence electrons. The van der Waals surface area contributed by atoms with Crippen molar-refractivity contribution in [3.8, 4) is 0 Å². The van der Waals surface area contributed by atoms with Crippen LogP contribution in [0.1, 0.15) is 42.5 Å². The van der Waals surface area contributed by atoms with E-state index in [0.29, 0.717) is 11.3 Å². The summed E-state index contributed by atoms with van der Waals surface area (Å²) in [5, 5.41) is 0.292. The van der Waals surface area contributed by atoms with Crippen LogP contribution in [0.5, 0.6) is 0 Å². The molecule has 0 amide bonds. The number of alkyl halides is 1. The molecule has 0 aliphatic heterocycles. The molecule has 0 saturated carbocycles. The Kier molecular flexibility index (Phi) is 4.86. The monoisotopic (exact) mass is 238 g/mol. The van der Waals surface area contributed by atoms with Crippen LogP contribution < -0.4 is 0 Å². The van der Waals surface area contributed by atoms with Gasteiger partial charge in [-0.25, -0.2) is 0 Å². The Morgan fingerprint density at radius 1 is 1.12 bits per heavy atom. The molecule has 1 aromatic rings. The zero-order valence-corrected chi connectivity index (χ0v) is 11.9. The minimum absolute atomic E-state index is 0.292. The van der Waals surface area contributed by atoms with E-state index in [1.165, 1.54) is 22.3 Å². The summed E-state index contributed by atoms with van der Waals surface area (Å²) in [6.07, 6.45) is 2.15. The fourth-order valence-electron chi connectivity index (χ4n) is 2.38. The second-order valence-electron chi connectivity index (χ2n) is 4.98. The molecule has 1 rings (SSSR count). The quantitative estimate of drug-likeness (QED) is 0.661. The van der Waals surface area contributed by atoms with Gasteiger partial charge in [0.05, 0.1) is 0 Å². The summed E-state index contributed by atoms with van der Waals surface area (Å²) < 4.78 is 0. The molecule has 1 aromatic carbocycles. The lowest BCUT2D eigenvalue weighted by Crippen LogP contribution is -2.14. The van der Waals surface area contributed by atoms with Gasteiger partial charge in [-0.3, -0.25) is 0 Å². The number of rotatable bonds is 4. The maximum absolute atomic E-state index is 6.30. The molecule has 2 atom stereocenters. The van der Waals surface area contributed by atoms with Gasteiger partial charge in [-0.2, -0.15) is 0 Å². The lowest BCUT2D eigenvalue weighted by Gasteiger charge is -2.19. The van der Waals surface area contributed by atoms with E-state index in [1.54, 1.807) is 0 Å². The lowest BCUT2D eigenvalue weighted by molar-refractivity contribution is 0.529. The molecule has 16 heavy (non-hydrogen) atoms. The highest BCUT2D eigenvalue weighted by atomic mass is 35.5. The van der Waals surface area contributed by atoms with Gasteiger partial charge in [0, 0.05) is 5.38 Å². The first-order valence-corrected chi connectivity index (χ1v) is 6.60. The van der Waals surface area contributed by atoms with Crippen LogP contribution in [-0.4, -0.2) is 5.38 Å². The first kappa shape index (κ1) is 13.6. The summed E-state index contributed by atoms with van der Waals surface area (Å²) in [5.41, 5.74) is 5.65. The van der Waals surface area contributed by atoms with E-state index in [9.17, 15) is 0 Å². The van der Waals surface area contributed by atoms with Crippen molar-refractivity contribution in [3.63, 3.8) is 0 Å². The maximum atomic E-state index is 6.30. The van der Waals surface area contributed by atoms with E-state index >= 15 is 0 Å². The van der Waals surface area contributed by atoms with E-state index < -0.39 is 0 Å². The number of benzene rings is 1. The smallest absolute Gasteiger partial charge is 0.0362 e. The van der Waals surface area contributed by atoms with E-state index in [1.807, 2.05) is 0 Å². The molecule has 0 N–H and O–H groups in total. The molecular weight excluding hydrogens is 216 g/mol. The van der Waals surface area contributed by atoms with Crippen molar-refractivity contribution in [1.82, 2.24) is 0 Å². The van der Waals surface area contributed by atoms with Gasteiger partial charge < -0.3 is 0 Å². The van der Waals surface area contributed by atoms with Gasteiger partial charge in [-0.05, 0) is 56.2 Å². The van der Waals surface area contributed by atoms with Crippen LogP contribution in [-0.2, 0) is 6.42 Å². The van der Waals surface area contributed by atoms with Gasteiger partial charge in [0.1, 0.15) is 0 Å². The highest BCUT2D eigenvalue weighted by Gasteiger charge is 2.15. The van der Waals surface area contributed by atoms with Crippen LogP contribution in [0.2, 0.25) is 0 Å². The molecule has 0 radical (unpaired) electrons. The largest absolute Gasteiger partial charge is 0.123 e. The fourth-order valence-corrected chi connectivity index (χ4v) is 2.47. The third kappa shape index (κ3) is 3.25. The first-order valence-electron chi connectivity index (χ1n) is 6.16. The van der Waals surface area contributed by atoms with E-state index in [2.05, 4.69) is 46.8 Å². The summed E-state index contributed by atoms with van der Waals surface area (Å²) in [7, 11) is 0. The van der Waals surface area contributed by atoms with Crippen LogP contribution in [0.15, 0.2) is 12.1 Å². The van der Waals surface area contributed by atoms with Crippen molar-refractivity contribution >= 4 is 11.6 Å². The third-order valence-corrected chi connectivity index (χ3v) is 4.11. The van der Waals surface area contributed by atoms with E-state index in [0.717, 1.165) is 12.8 Å². The average Bonchev–Trinajstić information content (AvgIpc) is 2.21. The van der Waals surface area contributed by atoms with Gasteiger partial charge in [0.25, 0.3) is 0 Å². The van der Waals surface area contributed by atoms with Crippen LogP contribution in [0.25, 0.3) is 0 Å². The normalized spacial score (nSPS) is 14.9. The molecule has 0 spiro atoms. The summed E-state index contributed by atoms with van der Waals surface area (Å²) in [5.74, 6) is 0.548. The second-order valence-corrected chi connectivity index (χ2v) is 5.54. The zero-order valence-electron chi connectivity index (χ0n) is 11.1. The topological polar surface area (TPSA) is 0 Å². The zero-order chi connectivity index (χ0) is 12.3. The molecule has 2 unspecified atom stereocenters. The number of hydrogen-bond acceptors (Lipinski definition) is 0. The molecule has 0 heterocycles. The summed E-state index contributed by atoms with van der Waals surface area (Å²) >= 11 is 6.30. The molecule has 0 saturated heterocycles. The average molecular weight is 239 g/mol. The second kappa shape index (κ2) is 5.72. The van der Waals surface area contributed by atoms with Gasteiger partial charge in [-0.15, -0.1) is 11.6 Å². The SMILES string of the molecule is CCC(Cl)C(C)Cc1c(C)cc(C)cc1C. The van der Waals surface area contributed by atoms with Gasteiger partial charge in [-0.1, -0.05) is 31.5 Å². The molecule has 0 bridgehead atoms. The van der Waals surface area contributed by atoms with Crippen molar-refractivity contribution < 1.29 is 0 Å². The molecule has 0 aliphatic rings. The van der Waals surface area contributed by atoms with Gasteiger partial charge >= 0.3 is 0 Å². The standard InChI is InChI=1S/C15H23Cl/c1-6-15(16)13(5)9-14-11(3)7-10(2)8-12(14)4/h7-8,13,15H,6,9H2,1-5H3. The lowest BCUT2D eigenvalue weighted by atomic mass is 9.90. The number of hydrogen-bond donors (Lipinski definition) is 0. The number of aryl methyl sites for hydroxylation is 3. The predicted molar refractivity (Wildman–Crippen MR) is 73.5 cm³/mol. The summed E-state index contributed by atoms with van der Waals surface area (Å²) in [4.78, 5) is 0. The van der Waals surface area contributed by atoms with Crippen molar-refractivity contribution in [3.05, 3.63) is 34.4 Å².